The van der Waals surface area contributed by atoms with Crippen LogP contribution >= 0.6 is 11.8 Å². The van der Waals surface area contributed by atoms with Gasteiger partial charge in [0.1, 0.15) is 0 Å². The zero-order chi connectivity index (χ0) is 13.5. The smallest absolute Gasteiger partial charge is 0.0411 e. The van der Waals surface area contributed by atoms with Crippen molar-refractivity contribution in [3.63, 3.8) is 0 Å². The molecule has 0 saturated carbocycles. The zero-order valence-corrected chi connectivity index (χ0v) is 13.0. The molecule has 1 aromatic carbocycles. The van der Waals surface area contributed by atoms with Gasteiger partial charge in [-0.25, -0.2) is 0 Å². The summed E-state index contributed by atoms with van der Waals surface area (Å²) >= 11 is 1.93. The maximum absolute atomic E-state index is 3.70. The van der Waals surface area contributed by atoms with Crippen LogP contribution in [0.3, 0.4) is 0 Å². The molecule has 1 unspecified atom stereocenters. The fourth-order valence-corrected chi connectivity index (χ4v) is 3.46. The lowest BCUT2D eigenvalue weighted by molar-refractivity contribution is 0.541. The molecule has 1 atom stereocenters. The van der Waals surface area contributed by atoms with Crippen LogP contribution < -0.4 is 10.2 Å². The van der Waals surface area contributed by atoms with E-state index in [9.17, 15) is 0 Å². The van der Waals surface area contributed by atoms with Gasteiger partial charge in [0.15, 0.2) is 0 Å². The summed E-state index contributed by atoms with van der Waals surface area (Å²) in [5.41, 5.74) is 2.88. The van der Waals surface area contributed by atoms with Crippen molar-refractivity contribution in [1.82, 2.24) is 5.32 Å². The molecule has 0 radical (unpaired) electrons. The molecule has 1 saturated heterocycles. The molecule has 106 valence electrons. The number of anilines is 1. The summed E-state index contributed by atoms with van der Waals surface area (Å²) in [5, 5.41) is 3.70. The molecule has 1 N–H and O–H groups in total. The van der Waals surface area contributed by atoms with Gasteiger partial charge in [-0.3, -0.25) is 0 Å². The Morgan fingerprint density at radius 3 is 2.68 bits per heavy atom. The Bertz CT molecular complexity index is 375. The van der Waals surface area contributed by atoms with Gasteiger partial charge in [0.2, 0.25) is 0 Å². The van der Waals surface area contributed by atoms with Crippen LogP contribution in [0.15, 0.2) is 24.3 Å². The van der Waals surface area contributed by atoms with Crippen LogP contribution in [0.25, 0.3) is 0 Å². The fourth-order valence-electron chi connectivity index (χ4n) is 2.70. The van der Waals surface area contributed by atoms with Crippen molar-refractivity contribution in [1.29, 1.82) is 0 Å². The Labute approximate surface area is 122 Å². The predicted molar refractivity (Wildman–Crippen MR) is 87.2 cm³/mol. The number of thioether (sulfide) groups is 1. The van der Waals surface area contributed by atoms with Crippen LogP contribution in [0, 0.1) is 0 Å². The van der Waals surface area contributed by atoms with Crippen LogP contribution in [-0.4, -0.2) is 31.1 Å². The monoisotopic (exact) mass is 278 g/mol. The third-order valence-corrected chi connectivity index (χ3v) is 4.62. The van der Waals surface area contributed by atoms with Crippen molar-refractivity contribution in [2.75, 3.05) is 30.0 Å². The molecule has 2 nitrogen and oxygen atoms in total. The summed E-state index contributed by atoms with van der Waals surface area (Å²) in [6, 6.07) is 9.49. The minimum Gasteiger partial charge on any atom is -0.371 e. The van der Waals surface area contributed by atoms with E-state index in [4.69, 9.17) is 0 Å². The van der Waals surface area contributed by atoms with Crippen LogP contribution in [0.4, 0.5) is 5.69 Å². The number of benzene rings is 1. The van der Waals surface area contributed by atoms with Crippen LogP contribution in [-0.2, 0) is 6.54 Å². The van der Waals surface area contributed by atoms with Crippen molar-refractivity contribution in [3.8, 4) is 0 Å². The summed E-state index contributed by atoms with van der Waals surface area (Å²) in [7, 11) is 0. The molecular weight excluding hydrogens is 252 g/mol. The number of hydrogen-bond donors (Lipinski definition) is 1. The Morgan fingerprint density at radius 1 is 1.26 bits per heavy atom. The van der Waals surface area contributed by atoms with E-state index in [1.54, 1.807) is 0 Å². The lowest BCUT2D eigenvalue weighted by atomic mass is 10.1. The maximum atomic E-state index is 3.70. The molecular formula is C16H26N2S. The minimum absolute atomic E-state index is 0.627. The van der Waals surface area contributed by atoms with E-state index in [-0.39, 0.29) is 0 Å². The molecule has 19 heavy (non-hydrogen) atoms. The summed E-state index contributed by atoms with van der Waals surface area (Å²) in [6.45, 7) is 5.70. The van der Waals surface area contributed by atoms with Gasteiger partial charge in [0.05, 0.1) is 0 Å². The van der Waals surface area contributed by atoms with Gasteiger partial charge in [-0.05, 0) is 37.1 Å². The average Bonchev–Trinajstić information content (AvgIpc) is 2.98. The fraction of sp³-hybridized carbons (Fsp3) is 0.625. The Kier molecular flexibility index (Phi) is 6.05. The molecule has 1 aliphatic heterocycles. The van der Waals surface area contributed by atoms with E-state index in [1.807, 2.05) is 11.8 Å². The minimum atomic E-state index is 0.627. The number of nitrogens with one attached hydrogen (secondary N) is 1. The summed E-state index contributed by atoms with van der Waals surface area (Å²) in [5.74, 6) is 1.20. The number of para-hydroxylation sites is 1. The van der Waals surface area contributed by atoms with E-state index in [0.717, 1.165) is 6.54 Å². The van der Waals surface area contributed by atoms with Crippen molar-refractivity contribution in [2.24, 2.45) is 0 Å². The molecule has 0 aliphatic carbocycles. The van der Waals surface area contributed by atoms with E-state index in [0.29, 0.717) is 6.04 Å². The van der Waals surface area contributed by atoms with Gasteiger partial charge < -0.3 is 10.2 Å². The van der Waals surface area contributed by atoms with E-state index < -0.39 is 0 Å². The molecule has 1 heterocycles. The molecule has 0 spiro atoms. The normalized spacial score (nSPS) is 16.8. The van der Waals surface area contributed by atoms with Gasteiger partial charge in [-0.15, -0.1) is 0 Å². The Morgan fingerprint density at radius 2 is 2.00 bits per heavy atom. The van der Waals surface area contributed by atoms with Crippen LogP contribution in [0.5, 0.6) is 0 Å². The van der Waals surface area contributed by atoms with Gasteiger partial charge >= 0.3 is 0 Å². The van der Waals surface area contributed by atoms with Gasteiger partial charge in [0, 0.05) is 37.1 Å². The molecule has 1 aromatic rings. The lowest BCUT2D eigenvalue weighted by Crippen LogP contribution is -2.31. The first kappa shape index (κ1) is 14.7. The number of nitrogens with zero attached hydrogens (tertiary/aromatic N) is 1. The highest BCUT2D eigenvalue weighted by molar-refractivity contribution is 7.98. The molecule has 1 fully saturated rings. The largest absolute Gasteiger partial charge is 0.371 e. The van der Waals surface area contributed by atoms with Crippen molar-refractivity contribution < 1.29 is 0 Å². The van der Waals surface area contributed by atoms with Gasteiger partial charge in [-0.1, -0.05) is 25.1 Å². The number of rotatable bonds is 7. The number of hydrogen-bond acceptors (Lipinski definition) is 3. The second-order valence-corrected chi connectivity index (χ2v) is 6.17. The van der Waals surface area contributed by atoms with E-state index in [1.165, 1.54) is 49.4 Å². The molecule has 3 heteroatoms. The third-order valence-electron chi connectivity index (χ3n) is 3.88. The molecule has 0 amide bonds. The summed E-state index contributed by atoms with van der Waals surface area (Å²) < 4.78 is 0. The first-order chi connectivity index (χ1) is 9.35. The molecule has 0 bridgehead atoms. The first-order valence-corrected chi connectivity index (χ1v) is 8.79. The topological polar surface area (TPSA) is 15.3 Å². The zero-order valence-electron chi connectivity index (χ0n) is 12.2. The highest BCUT2D eigenvalue weighted by Crippen LogP contribution is 2.24. The molecule has 1 aliphatic rings. The Balaban J connectivity index is 1.99. The second kappa shape index (κ2) is 7.81. The Hall–Kier alpha value is -0.670. The van der Waals surface area contributed by atoms with Crippen molar-refractivity contribution >= 4 is 17.4 Å². The average molecular weight is 278 g/mol. The molecule has 2 rings (SSSR count). The second-order valence-electron chi connectivity index (χ2n) is 5.26. The first-order valence-electron chi connectivity index (χ1n) is 7.40. The van der Waals surface area contributed by atoms with Crippen molar-refractivity contribution in [2.45, 2.75) is 38.8 Å². The maximum Gasteiger partial charge on any atom is 0.0411 e. The van der Waals surface area contributed by atoms with Gasteiger partial charge in [-0.2, -0.15) is 11.8 Å². The highest BCUT2D eigenvalue weighted by Gasteiger charge is 2.15. The predicted octanol–water partition coefficient (Wildman–Crippen LogP) is 3.52. The lowest BCUT2D eigenvalue weighted by Gasteiger charge is -2.23. The van der Waals surface area contributed by atoms with Gasteiger partial charge in [0.25, 0.3) is 0 Å². The summed E-state index contributed by atoms with van der Waals surface area (Å²) in [6.07, 6.45) is 6.06. The SMILES string of the molecule is CCC(CSC)NCc1ccccc1N1CCCC1. The highest BCUT2D eigenvalue weighted by atomic mass is 32.2. The summed E-state index contributed by atoms with van der Waals surface area (Å²) in [4.78, 5) is 2.53. The molecule has 0 aromatic heterocycles. The van der Waals surface area contributed by atoms with Crippen LogP contribution in [0.1, 0.15) is 31.7 Å². The van der Waals surface area contributed by atoms with E-state index in [2.05, 4.69) is 47.7 Å². The van der Waals surface area contributed by atoms with Crippen molar-refractivity contribution in [3.05, 3.63) is 29.8 Å². The quantitative estimate of drug-likeness (QED) is 0.821. The van der Waals surface area contributed by atoms with E-state index >= 15 is 0 Å². The third kappa shape index (κ3) is 4.15. The van der Waals surface area contributed by atoms with Crippen LogP contribution in [0.2, 0.25) is 0 Å². The standard InChI is InChI=1S/C16H26N2S/c1-3-15(13-19-2)17-12-14-8-4-5-9-16(14)18-10-6-7-11-18/h4-5,8-9,15,17H,3,6-7,10-13H2,1-2H3.